The summed E-state index contributed by atoms with van der Waals surface area (Å²) in [6, 6.07) is 15.8. The number of carbonyl (C=O) groups is 1. The molecular formula is C18H14O3. The second kappa shape index (κ2) is 4.57. The molecule has 0 bridgehead atoms. The van der Waals surface area contributed by atoms with Crippen molar-refractivity contribution in [3.05, 3.63) is 59.7 Å². The smallest absolute Gasteiger partial charge is 0.341 e. The van der Waals surface area contributed by atoms with Crippen molar-refractivity contribution in [1.29, 1.82) is 0 Å². The van der Waals surface area contributed by atoms with Crippen LogP contribution < -0.4 is 0 Å². The van der Waals surface area contributed by atoms with Crippen LogP contribution in [-0.4, -0.2) is 12.6 Å². The fourth-order valence-electron chi connectivity index (χ4n) is 3.05. The molecule has 0 saturated carbocycles. The van der Waals surface area contributed by atoms with E-state index in [1.165, 1.54) is 0 Å². The van der Waals surface area contributed by atoms with Crippen molar-refractivity contribution in [2.24, 2.45) is 0 Å². The maximum Gasteiger partial charge on any atom is 0.341 e. The highest BCUT2D eigenvalue weighted by Crippen LogP contribution is 2.38. The molecule has 0 spiro atoms. The van der Waals surface area contributed by atoms with Crippen molar-refractivity contribution in [1.82, 2.24) is 0 Å². The lowest BCUT2D eigenvalue weighted by Gasteiger charge is -2.17. The maximum atomic E-state index is 12.4. The third-order valence-electron chi connectivity index (χ3n) is 3.92. The largest absolute Gasteiger partial charge is 0.428 e. The Labute approximate surface area is 122 Å². The number of ether oxygens (including phenoxy) is 2. The van der Waals surface area contributed by atoms with E-state index in [2.05, 4.69) is 6.07 Å². The monoisotopic (exact) mass is 278 g/mol. The Hall–Kier alpha value is -2.39. The fraction of sp³-hybridized carbons (Fsp3) is 0.167. The highest BCUT2D eigenvalue weighted by Gasteiger charge is 2.27. The van der Waals surface area contributed by atoms with Gasteiger partial charge in [0.25, 0.3) is 0 Å². The molecule has 0 amide bonds. The zero-order valence-electron chi connectivity index (χ0n) is 11.6. The van der Waals surface area contributed by atoms with Crippen molar-refractivity contribution >= 4 is 27.5 Å². The molecule has 1 aliphatic heterocycles. The van der Waals surface area contributed by atoms with E-state index in [9.17, 15) is 4.79 Å². The molecule has 0 fully saturated rings. The highest BCUT2D eigenvalue weighted by molar-refractivity contribution is 6.18. The van der Waals surface area contributed by atoms with Crippen molar-refractivity contribution in [2.75, 3.05) is 6.61 Å². The van der Waals surface area contributed by atoms with Gasteiger partial charge in [0.05, 0.1) is 5.56 Å². The normalized spacial score (nSPS) is 17.2. The standard InChI is InChI=1S/C18H14O3/c1-2-20-18-14-8-4-6-12-10-9-11-5-3-7-13(17(19)21-18)15(11)16(12)14/h3-10,18H,2H2,1H3/t18-/m1/s1. The molecule has 3 aromatic carbocycles. The van der Waals surface area contributed by atoms with E-state index in [1.807, 2.05) is 49.4 Å². The highest BCUT2D eigenvalue weighted by atomic mass is 16.7. The Balaban J connectivity index is 2.19. The topological polar surface area (TPSA) is 35.5 Å². The summed E-state index contributed by atoms with van der Waals surface area (Å²) in [6.07, 6.45) is -0.649. The van der Waals surface area contributed by atoms with Crippen LogP contribution in [0.3, 0.4) is 0 Å². The Bertz CT molecular complexity index is 867. The zero-order chi connectivity index (χ0) is 14.4. The van der Waals surface area contributed by atoms with Crippen LogP contribution in [0.4, 0.5) is 0 Å². The molecule has 0 saturated heterocycles. The average Bonchev–Trinajstić information content (AvgIpc) is 2.63. The van der Waals surface area contributed by atoms with Crippen LogP contribution in [0.25, 0.3) is 21.5 Å². The minimum absolute atomic E-state index is 0.331. The van der Waals surface area contributed by atoms with E-state index in [-0.39, 0.29) is 5.97 Å². The minimum Gasteiger partial charge on any atom is -0.428 e. The van der Waals surface area contributed by atoms with Gasteiger partial charge in [0.2, 0.25) is 6.29 Å². The van der Waals surface area contributed by atoms with Gasteiger partial charge >= 0.3 is 5.97 Å². The Morgan fingerprint density at radius 2 is 1.71 bits per heavy atom. The van der Waals surface area contributed by atoms with E-state index in [0.717, 1.165) is 27.1 Å². The first-order valence-electron chi connectivity index (χ1n) is 7.06. The number of hydrogen-bond acceptors (Lipinski definition) is 3. The van der Waals surface area contributed by atoms with Gasteiger partial charge in [-0.3, -0.25) is 0 Å². The van der Waals surface area contributed by atoms with E-state index in [1.54, 1.807) is 0 Å². The summed E-state index contributed by atoms with van der Waals surface area (Å²) >= 11 is 0. The minimum atomic E-state index is -0.649. The van der Waals surface area contributed by atoms with Gasteiger partial charge in [0, 0.05) is 17.6 Å². The molecule has 1 aliphatic rings. The van der Waals surface area contributed by atoms with Crippen LogP contribution in [0.5, 0.6) is 0 Å². The van der Waals surface area contributed by atoms with Gasteiger partial charge in [-0.2, -0.15) is 0 Å². The predicted molar refractivity (Wildman–Crippen MR) is 81.2 cm³/mol. The average molecular weight is 278 g/mol. The maximum absolute atomic E-state index is 12.4. The predicted octanol–water partition coefficient (Wildman–Crippen LogP) is 4.20. The molecule has 1 heterocycles. The lowest BCUT2D eigenvalue weighted by atomic mass is 9.95. The van der Waals surface area contributed by atoms with Crippen LogP contribution in [0.15, 0.2) is 48.5 Å². The first-order chi connectivity index (χ1) is 10.3. The lowest BCUT2D eigenvalue weighted by molar-refractivity contribution is -0.108. The summed E-state index contributed by atoms with van der Waals surface area (Å²) in [5.74, 6) is -0.331. The second-order valence-electron chi connectivity index (χ2n) is 5.11. The number of rotatable bonds is 2. The van der Waals surface area contributed by atoms with Crippen LogP contribution in [-0.2, 0) is 9.47 Å². The van der Waals surface area contributed by atoms with Gasteiger partial charge in [-0.05, 0) is 29.1 Å². The third kappa shape index (κ3) is 1.74. The molecule has 21 heavy (non-hydrogen) atoms. The number of benzene rings is 3. The Kier molecular flexibility index (Phi) is 2.69. The van der Waals surface area contributed by atoms with E-state index in [0.29, 0.717) is 12.2 Å². The molecule has 3 aromatic rings. The lowest BCUT2D eigenvalue weighted by Crippen LogP contribution is -2.12. The van der Waals surface area contributed by atoms with E-state index >= 15 is 0 Å². The number of carbonyl (C=O) groups excluding carboxylic acids is 1. The summed E-state index contributed by atoms with van der Waals surface area (Å²) in [5.41, 5.74) is 1.52. The quantitative estimate of drug-likeness (QED) is 0.520. The SMILES string of the molecule is CCO[C@@H]1OC(=O)c2cccc3ccc4cccc1c4c23. The van der Waals surface area contributed by atoms with Gasteiger partial charge in [0.1, 0.15) is 0 Å². The molecule has 104 valence electrons. The second-order valence-corrected chi connectivity index (χ2v) is 5.11. The Morgan fingerprint density at radius 1 is 1.00 bits per heavy atom. The molecule has 0 radical (unpaired) electrons. The molecule has 3 heteroatoms. The molecular weight excluding hydrogens is 264 g/mol. The first-order valence-corrected chi connectivity index (χ1v) is 7.06. The van der Waals surface area contributed by atoms with Gasteiger partial charge < -0.3 is 9.47 Å². The van der Waals surface area contributed by atoms with Crippen molar-refractivity contribution in [3.63, 3.8) is 0 Å². The van der Waals surface area contributed by atoms with Gasteiger partial charge in [-0.15, -0.1) is 0 Å². The molecule has 0 unspecified atom stereocenters. The zero-order valence-corrected chi connectivity index (χ0v) is 11.6. The summed E-state index contributed by atoms with van der Waals surface area (Å²) in [4.78, 5) is 12.4. The van der Waals surface area contributed by atoms with Crippen molar-refractivity contribution in [3.8, 4) is 0 Å². The summed E-state index contributed by atoms with van der Waals surface area (Å²) in [5, 5.41) is 4.14. The molecule has 0 aliphatic carbocycles. The molecule has 4 rings (SSSR count). The summed E-state index contributed by atoms with van der Waals surface area (Å²) < 4.78 is 11.2. The molecule has 0 N–H and O–H groups in total. The summed E-state index contributed by atoms with van der Waals surface area (Å²) in [7, 11) is 0. The van der Waals surface area contributed by atoms with Crippen LogP contribution in [0.2, 0.25) is 0 Å². The molecule has 1 atom stereocenters. The number of esters is 1. The van der Waals surface area contributed by atoms with Gasteiger partial charge in [-0.1, -0.05) is 42.5 Å². The van der Waals surface area contributed by atoms with E-state index < -0.39 is 6.29 Å². The number of hydrogen-bond donors (Lipinski definition) is 0. The van der Waals surface area contributed by atoms with Crippen LogP contribution >= 0.6 is 0 Å². The van der Waals surface area contributed by atoms with Crippen molar-refractivity contribution in [2.45, 2.75) is 13.2 Å². The van der Waals surface area contributed by atoms with Crippen LogP contribution in [0.1, 0.15) is 29.1 Å². The number of cyclic esters (lactones) is 1. The van der Waals surface area contributed by atoms with Crippen molar-refractivity contribution < 1.29 is 14.3 Å². The third-order valence-corrected chi connectivity index (χ3v) is 3.92. The molecule has 0 aromatic heterocycles. The van der Waals surface area contributed by atoms with Gasteiger partial charge in [0.15, 0.2) is 0 Å². The Morgan fingerprint density at radius 3 is 2.48 bits per heavy atom. The summed E-state index contributed by atoms with van der Waals surface area (Å²) in [6.45, 7) is 2.38. The van der Waals surface area contributed by atoms with E-state index in [4.69, 9.17) is 9.47 Å². The molecule has 3 nitrogen and oxygen atoms in total. The van der Waals surface area contributed by atoms with Gasteiger partial charge in [-0.25, -0.2) is 4.79 Å². The first kappa shape index (κ1) is 12.4. The fourth-order valence-corrected chi connectivity index (χ4v) is 3.05. The van der Waals surface area contributed by atoms with Crippen LogP contribution in [0, 0.1) is 0 Å².